The van der Waals surface area contributed by atoms with E-state index in [0.29, 0.717) is 11.7 Å². The average molecular weight is 283 g/mol. The van der Waals surface area contributed by atoms with Gasteiger partial charge in [0.2, 0.25) is 0 Å². The predicted molar refractivity (Wildman–Crippen MR) is 76.5 cm³/mol. The Hall–Kier alpha value is -1.23. The molecule has 1 aliphatic rings. The van der Waals surface area contributed by atoms with Crippen molar-refractivity contribution in [2.45, 2.75) is 26.3 Å². The Kier molecular flexibility index (Phi) is 4.04. The van der Waals surface area contributed by atoms with Crippen LogP contribution in [0.15, 0.2) is 18.2 Å². The van der Waals surface area contributed by atoms with E-state index in [1.807, 2.05) is 11.8 Å². The van der Waals surface area contributed by atoms with E-state index in [1.54, 1.807) is 6.07 Å². The smallest absolute Gasteiger partial charge is 0.338 e. The number of halogens is 1. The van der Waals surface area contributed by atoms with Crippen LogP contribution in [0.25, 0.3) is 0 Å². The standard InChI is InChI=1S/C14H18FNO2S/c1-14(2)6-10(7-19-8-14)16-9-3-4-12(15)11(5-9)13(17)18/h3-5,10,16H,6-8H2,1-2H3,(H,17,18). The minimum Gasteiger partial charge on any atom is -0.478 e. The second-order valence-corrected chi connectivity index (χ2v) is 6.75. The number of rotatable bonds is 3. The molecule has 0 aromatic heterocycles. The van der Waals surface area contributed by atoms with E-state index >= 15 is 0 Å². The van der Waals surface area contributed by atoms with Gasteiger partial charge in [0.1, 0.15) is 5.82 Å². The van der Waals surface area contributed by atoms with Crippen LogP contribution >= 0.6 is 11.8 Å². The summed E-state index contributed by atoms with van der Waals surface area (Å²) < 4.78 is 13.3. The Bertz CT molecular complexity index is 490. The normalized spacial score (nSPS) is 21.9. The molecule has 104 valence electrons. The van der Waals surface area contributed by atoms with Crippen LogP contribution in [0.2, 0.25) is 0 Å². The fraction of sp³-hybridized carbons (Fsp3) is 0.500. The second-order valence-electron chi connectivity index (χ2n) is 5.72. The molecule has 0 aliphatic carbocycles. The molecule has 1 saturated heterocycles. The monoisotopic (exact) mass is 283 g/mol. The number of carboxylic acid groups (broad SMARTS) is 1. The van der Waals surface area contributed by atoms with Gasteiger partial charge in [-0.1, -0.05) is 13.8 Å². The second kappa shape index (κ2) is 5.41. The molecule has 5 heteroatoms. The lowest BCUT2D eigenvalue weighted by molar-refractivity contribution is 0.0692. The Morgan fingerprint density at radius 3 is 2.89 bits per heavy atom. The van der Waals surface area contributed by atoms with Crippen molar-refractivity contribution in [3.63, 3.8) is 0 Å². The summed E-state index contributed by atoms with van der Waals surface area (Å²) in [5.74, 6) is 0.189. The van der Waals surface area contributed by atoms with Crippen LogP contribution in [0.5, 0.6) is 0 Å². The molecule has 0 amide bonds. The van der Waals surface area contributed by atoms with E-state index < -0.39 is 11.8 Å². The first-order valence-electron chi connectivity index (χ1n) is 6.24. The van der Waals surface area contributed by atoms with Crippen LogP contribution in [-0.4, -0.2) is 28.6 Å². The molecule has 1 unspecified atom stereocenters. The maximum atomic E-state index is 13.3. The van der Waals surface area contributed by atoms with Crippen molar-refractivity contribution in [2.24, 2.45) is 5.41 Å². The lowest BCUT2D eigenvalue weighted by atomic mass is 9.88. The van der Waals surface area contributed by atoms with E-state index in [-0.39, 0.29) is 11.0 Å². The number of benzene rings is 1. The first-order chi connectivity index (χ1) is 8.87. The van der Waals surface area contributed by atoms with E-state index in [4.69, 9.17) is 5.11 Å². The van der Waals surface area contributed by atoms with Crippen LogP contribution in [-0.2, 0) is 0 Å². The summed E-state index contributed by atoms with van der Waals surface area (Å²) in [6.07, 6.45) is 1.03. The molecule has 19 heavy (non-hydrogen) atoms. The number of carbonyl (C=O) groups is 1. The predicted octanol–water partition coefficient (Wildman–Crippen LogP) is 3.47. The highest BCUT2D eigenvalue weighted by Gasteiger charge is 2.28. The minimum absolute atomic E-state index is 0.274. The van der Waals surface area contributed by atoms with Gasteiger partial charge in [-0.05, 0) is 35.8 Å². The fourth-order valence-corrected chi connectivity index (χ4v) is 3.64. The summed E-state index contributed by atoms with van der Waals surface area (Å²) in [5.41, 5.74) is 0.658. The molecular formula is C14H18FNO2S. The van der Waals surface area contributed by atoms with Crippen molar-refractivity contribution in [3.8, 4) is 0 Å². The van der Waals surface area contributed by atoms with Crippen LogP contribution in [0.4, 0.5) is 10.1 Å². The lowest BCUT2D eigenvalue weighted by Crippen LogP contribution is -2.35. The summed E-state index contributed by atoms with van der Waals surface area (Å²) in [5, 5.41) is 12.2. The van der Waals surface area contributed by atoms with Crippen LogP contribution in [0.1, 0.15) is 30.6 Å². The third-order valence-corrected chi connectivity index (χ3v) is 4.80. The van der Waals surface area contributed by atoms with Gasteiger partial charge in [-0.2, -0.15) is 11.8 Å². The van der Waals surface area contributed by atoms with Gasteiger partial charge in [0.25, 0.3) is 0 Å². The average Bonchev–Trinajstić information content (AvgIpc) is 2.30. The third-order valence-electron chi connectivity index (χ3n) is 3.18. The molecule has 1 atom stereocenters. The summed E-state index contributed by atoms with van der Waals surface area (Å²) >= 11 is 1.89. The van der Waals surface area contributed by atoms with E-state index in [2.05, 4.69) is 19.2 Å². The molecule has 2 N–H and O–H groups in total. The molecule has 1 aromatic rings. The maximum absolute atomic E-state index is 13.3. The van der Waals surface area contributed by atoms with Crippen molar-refractivity contribution < 1.29 is 14.3 Å². The summed E-state index contributed by atoms with van der Waals surface area (Å²) in [6.45, 7) is 4.45. The SMILES string of the molecule is CC1(C)CSCC(Nc2ccc(F)c(C(=O)O)c2)C1. The third kappa shape index (κ3) is 3.62. The fourth-order valence-electron chi connectivity index (χ4n) is 2.37. The van der Waals surface area contributed by atoms with Crippen LogP contribution < -0.4 is 5.32 Å². The molecule has 3 nitrogen and oxygen atoms in total. The number of hydrogen-bond acceptors (Lipinski definition) is 3. The van der Waals surface area contributed by atoms with Gasteiger partial charge in [0.05, 0.1) is 5.56 Å². The van der Waals surface area contributed by atoms with Gasteiger partial charge in [0.15, 0.2) is 0 Å². The zero-order valence-electron chi connectivity index (χ0n) is 11.1. The van der Waals surface area contributed by atoms with Gasteiger partial charge in [-0.15, -0.1) is 0 Å². The molecule has 1 heterocycles. The molecule has 1 aliphatic heterocycles. The van der Waals surface area contributed by atoms with Gasteiger partial charge < -0.3 is 10.4 Å². The van der Waals surface area contributed by atoms with Gasteiger partial charge in [0, 0.05) is 17.5 Å². The van der Waals surface area contributed by atoms with Crippen molar-refractivity contribution in [2.75, 3.05) is 16.8 Å². The Labute approximate surface area is 116 Å². The van der Waals surface area contributed by atoms with Crippen LogP contribution in [0.3, 0.4) is 0 Å². The van der Waals surface area contributed by atoms with Gasteiger partial charge in [-0.3, -0.25) is 0 Å². The van der Waals surface area contributed by atoms with Gasteiger partial charge >= 0.3 is 5.97 Å². The first kappa shape index (κ1) is 14.2. The van der Waals surface area contributed by atoms with Crippen molar-refractivity contribution in [1.29, 1.82) is 0 Å². The lowest BCUT2D eigenvalue weighted by Gasteiger charge is -2.35. The summed E-state index contributed by atoms with van der Waals surface area (Å²) in [7, 11) is 0. The Balaban J connectivity index is 2.11. The largest absolute Gasteiger partial charge is 0.478 e. The van der Waals surface area contributed by atoms with Crippen LogP contribution in [0, 0.1) is 11.2 Å². The number of anilines is 1. The zero-order chi connectivity index (χ0) is 14.0. The Morgan fingerprint density at radius 2 is 2.26 bits per heavy atom. The molecular weight excluding hydrogens is 265 g/mol. The number of thioether (sulfide) groups is 1. The summed E-state index contributed by atoms with van der Waals surface area (Å²) in [6, 6.07) is 4.45. The molecule has 0 saturated carbocycles. The molecule has 0 radical (unpaired) electrons. The van der Waals surface area contributed by atoms with Crippen molar-refractivity contribution >= 4 is 23.4 Å². The maximum Gasteiger partial charge on any atom is 0.338 e. The van der Waals surface area contributed by atoms with E-state index in [1.165, 1.54) is 12.1 Å². The number of hydrogen-bond donors (Lipinski definition) is 2. The van der Waals surface area contributed by atoms with E-state index in [0.717, 1.165) is 17.9 Å². The number of nitrogens with one attached hydrogen (secondary N) is 1. The minimum atomic E-state index is -1.24. The number of carboxylic acids is 1. The molecule has 0 bridgehead atoms. The highest BCUT2D eigenvalue weighted by atomic mass is 32.2. The molecule has 2 rings (SSSR count). The Morgan fingerprint density at radius 1 is 1.53 bits per heavy atom. The highest BCUT2D eigenvalue weighted by Crippen LogP contribution is 2.34. The topological polar surface area (TPSA) is 49.3 Å². The van der Waals surface area contributed by atoms with E-state index in [9.17, 15) is 9.18 Å². The van der Waals surface area contributed by atoms with Crippen molar-refractivity contribution in [3.05, 3.63) is 29.6 Å². The van der Waals surface area contributed by atoms with Gasteiger partial charge in [-0.25, -0.2) is 9.18 Å². The quantitative estimate of drug-likeness (QED) is 0.892. The highest BCUT2D eigenvalue weighted by molar-refractivity contribution is 7.99. The first-order valence-corrected chi connectivity index (χ1v) is 7.40. The molecule has 0 spiro atoms. The molecule has 1 aromatic carbocycles. The van der Waals surface area contributed by atoms with Crippen molar-refractivity contribution in [1.82, 2.24) is 0 Å². The zero-order valence-corrected chi connectivity index (χ0v) is 11.9. The summed E-state index contributed by atoms with van der Waals surface area (Å²) in [4.78, 5) is 10.9. The number of aromatic carboxylic acids is 1. The molecule has 1 fully saturated rings.